The molecule has 2 aromatic rings. The molecule has 2 N–H and O–H groups in total. The standard InChI is InChI=1S/C17H19BrN4O2.ClH/c1-24-15-4-2-12(10-14(15)18)17(23)21-16-5-3-13(11-20-16)22-8-6-19-7-9-22;/h2-5,10-11,19H,6-9H2,1H3,(H,20,21,23);1H. The maximum absolute atomic E-state index is 12.3. The fourth-order valence-corrected chi connectivity index (χ4v) is 3.11. The van der Waals surface area contributed by atoms with Gasteiger partial charge in [-0.2, -0.15) is 0 Å². The Bertz CT molecular complexity index is 721. The van der Waals surface area contributed by atoms with Crippen LogP contribution in [0.3, 0.4) is 0 Å². The highest BCUT2D eigenvalue weighted by Gasteiger charge is 2.12. The minimum Gasteiger partial charge on any atom is -0.496 e. The number of halogens is 2. The molecule has 0 radical (unpaired) electrons. The summed E-state index contributed by atoms with van der Waals surface area (Å²) in [5.41, 5.74) is 1.61. The molecule has 1 aromatic heterocycles. The molecular formula is C17H20BrClN4O2. The van der Waals surface area contributed by atoms with Crippen molar-refractivity contribution in [3.63, 3.8) is 0 Å². The first-order chi connectivity index (χ1) is 11.7. The van der Waals surface area contributed by atoms with Gasteiger partial charge in [0.2, 0.25) is 0 Å². The summed E-state index contributed by atoms with van der Waals surface area (Å²) in [6, 6.07) is 9.00. The zero-order valence-corrected chi connectivity index (χ0v) is 16.2. The molecule has 0 atom stereocenters. The van der Waals surface area contributed by atoms with Gasteiger partial charge in [0.25, 0.3) is 5.91 Å². The Morgan fingerprint density at radius 3 is 2.64 bits per heavy atom. The molecule has 0 bridgehead atoms. The fourth-order valence-electron chi connectivity index (χ4n) is 2.57. The predicted octanol–water partition coefficient (Wildman–Crippen LogP) is 2.94. The summed E-state index contributed by atoms with van der Waals surface area (Å²) in [6.45, 7) is 3.89. The van der Waals surface area contributed by atoms with E-state index in [4.69, 9.17) is 4.74 Å². The van der Waals surface area contributed by atoms with Gasteiger partial charge in [0, 0.05) is 31.7 Å². The third kappa shape index (κ3) is 4.84. The van der Waals surface area contributed by atoms with Gasteiger partial charge in [0.05, 0.1) is 23.5 Å². The number of pyridine rings is 1. The summed E-state index contributed by atoms with van der Waals surface area (Å²) in [5.74, 6) is 1.01. The number of ether oxygens (including phenoxy) is 1. The lowest BCUT2D eigenvalue weighted by Crippen LogP contribution is -2.43. The van der Waals surface area contributed by atoms with Crippen molar-refractivity contribution in [2.24, 2.45) is 0 Å². The lowest BCUT2D eigenvalue weighted by Gasteiger charge is -2.29. The maximum Gasteiger partial charge on any atom is 0.256 e. The van der Waals surface area contributed by atoms with E-state index < -0.39 is 0 Å². The molecular weight excluding hydrogens is 408 g/mol. The van der Waals surface area contributed by atoms with Gasteiger partial charge in [-0.15, -0.1) is 12.4 Å². The van der Waals surface area contributed by atoms with Crippen molar-refractivity contribution in [1.82, 2.24) is 10.3 Å². The summed E-state index contributed by atoms with van der Waals surface area (Å²) >= 11 is 3.38. The molecule has 3 rings (SSSR count). The molecule has 134 valence electrons. The van der Waals surface area contributed by atoms with Crippen molar-refractivity contribution >= 4 is 45.7 Å². The van der Waals surface area contributed by atoms with Crippen LogP contribution < -0.4 is 20.3 Å². The van der Waals surface area contributed by atoms with Crippen LogP contribution in [0.25, 0.3) is 0 Å². The van der Waals surface area contributed by atoms with Crippen molar-refractivity contribution in [2.75, 3.05) is 43.5 Å². The van der Waals surface area contributed by atoms with E-state index >= 15 is 0 Å². The number of aromatic nitrogens is 1. The SMILES string of the molecule is COc1ccc(C(=O)Nc2ccc(N3CCNCC3)cn2)cc1Br.Cl. The molecule has 0 saturated carbocycles. The molecule has 1 saturated heterocycles. The Labute approximate surface area is 161 Å². The van der Waals surface area contributed by atoms with Crippen molar-refractivity contribution in [3.8, 4) is 5.75 Å². The largest absolute Gasteiger partial charge is 0.496 e. The number of carbonyl (C=O) groups excluding carboxylic acids is 1. The van der Waals surface area contributed by atoms with E-state index in [1.807, 2.05) is 12.1 Å². The Hall–Kier alpha value is -1.83. The number of rotatable bonds is 4. The zero-order valence-electron chi connectivity index (χ0n) is 13.8. The van der Waals surface area contributed by atoms with Crippen molar-refractivity contribution in [1.29, 1.82) is 0 Å². The first kappa shape index (κ1) is 19.5. The van der Waals surface area contributed by atoms with Crippen LogP contribution >= 0.6 is 28.3 Å². The molecule has 1 fully saturated rings. The normalized spacial score (nSPS) is 13.8. The topological polar surface area (TPSA) is 66.5 Å². The van der Waals surface area contributed by atoms with E-state index in [2.05, 4.69) is 36.4 Å². The molecule has 6 nitrogen and oxygen atoms in total. The second kappa shape index (κ2) is 9.03. The Balaban J connectivity index is 0.00000225. The van der Waals surface area contributed by atoms with Gasteiger partial charge in [-0.25, -0.2) is 4.98 Å². The van der Waals surface area contributed by atoms with E-state index in [1.54, 1.807) is 31.5 Å². The van der Waals surface area contributed by atoms with Crippen LogP contribution in [0, 0.1) is 0 Å². The second-order valence-electron chi connectivity index (χ2n) is 5.44. The summed E-state index contributed by atoms with van der Waals surface area (Å²) in [6.07, 6.45) is 1.80. The Morgan fingerprint density at radius 2 is 2.04 bits per heavy atom. The van der Waals surface area contributed by atoms with E-state index in [-0.39, 0.29) is 18.3 Å². The molecule has 1 aliphatic heterocycles. The monoisotopic (exact) mass is 426 g/mol. The van der Waals surface area contributed by atoms with Crippen LogP contribution in [0.4, 0.5) is 11.5 Å². The minimum absolute atomic E-state index is 0. The number of nitrogens with zero attached hydrogens (tertiary/aromatic N) is 2. The van der Waals surface area contributed by atoms with Gasteiger partial charge in [0.1, 0.15) is 11.6 Å². The number of anilines is 2. The number of hydrogen-bond acceptors (Lipinski definition) is 5. The number of nitrogens with one attached hydrogen (secondary N) is 2. The van der Waals surface area contributed by atoms with Gasteiger partial charge in [-0.05, 0) is 46.3 Å². The van der Waals surface area contributed by atoms with E-state index in [1.165, 1.54) is 0 Å². The highest BCUT2D eigenvalue weighted by Crippen LogP contribution is 2.26. The number of benzene rings is 1. The minimum atomic E-state index is -0.208. The number of carbonyl (C=O) groups is 1. The lowest BCUT2D eigenvalue weighted by molar-refractivity contribution is 0.102. The summed E-state index contributed by atoms with van der Waals surface area (Å²) in [5, 5.41) is 6.13. The third-order valence-electron chi connectivity index (χ3n) is 3.89. The Morgan fingerprint density at radius 1 is 1.28 bits per heavy atom. The van der Waals surface area contributed by atoms with Crippen molar-refractivity contribution in [3.05, 3.63) is 46.6 Å². The predicted molar refractivity (Wildman–Crippen MR) is 105 cm³/mol. The fraction of sp³-hybridized carbons (Fsp3) is 0.294. The van der Waals surface area contributed by atoms with E-state index in [0.717, 1.165) is 36.3 Å². The molecule has 25 heavy (non-hydrogen) atoms. The van der Waals surface area contributed by atoms with E-state index in [9.17, 15) is 4.79 Å². The van der Waals surface area contributed by atoms with Crippen molar-refractivity contribution < 1.29 is 9.53 Å². The van der Waals surface area contributed by atoms with Crippen LogP contribution in [0.5, 0.6) is 5.75 Å². The smallest absolute Gasteiger partial charge is 0.256 e. The van der Waals surface area contributed by atoms with Gasteiger partial charge < -0.3 is 20.3 Å². The van der Waals surface area contributed by atoms with E-state index in [0.29, 0.717) is 17.1 Å². The van der Waals surface area contributed by atoms with Crippen molar-refractivity contribution in [2.45, 2.75) is 0 Å². The summed E-state index contributed by atoms with van der Waals surface area (Å²) in [7, 11) is 1.59. The summed E-state index contributed by atoms with van der Waals surface area (Å²) < 4.78 is 5.90. The van der Waals surface area contributed by atoms with Crippen LogP contribution in [0.2, 0.25) is 0 Å². The molecule has 1 amide bonds. The van der Waals surface area contributed by atoms with Gasteiger partial charge in [-0.3, -0.25) is 4.79 Å². The molecule has 0 spiro atoms. The molecule has 1 aromatic carbocycles. The second-order valence-corrected chi connectivity index (χ2v) is 6.30. The number of amides is 1. The maximum atomic E-state index is 12.3. The molecule has 1 aliphatic rings. The lowest BCUT2D eigenvalue weighted by atomic mass is 10.2. The highest BCUT2D eigenvalue weighted by atomic mass is 79.9. The van der Waals surface area contributed by atoms with Crippen LogP contribution in [-0.4, -0.2) is 44.2 Å². The summed E-state index contributed by atoms with van der Waals surface area (Å²) in [4.78, 5) is 18.9. The Kier molecular flexibility index (Phi) is 7.04. The third-order valence-corrected chi connectivity index (χ3v) is 4.51. The molecule has 2 heterocycles. The van der Waals surface area contributed by atoms with Gasteiger partial charge >= 0.3 is 0 Å². The number of piperazine rings is 1. The quantitative estimate of drug-likeness (QED) is 0.785. The number of methoxy groups -OCH3 is 1. The van der Waals surface area contributed by atoms with Crippen LogP contribution in [0.15, 0.2) is 41.0 Å². The van der Waals surface area contributed by atoms with Crippen LogP contribution in [-0.2, 0) is 0 Å². The van der Waals surface area contributed by atoms with Gasteiger partial charge in [0.15, 0.2) is 0 Å². The average molecular weight is 428 g/mol. The molecule has 8 heteroatoms. The highest BCUT2D eigenvalue weighted by molar-refractivity contribution is 9.10. The zero-order chi connectivity index (χ0) is 16.9. The first-order valence-corrected chi connectivity index (χ1v) is 8.53. The molecule has 0 aliphatic carbocycles. The molecule has 0 unspecified atom stereocenters. The van der Waals surface area contributed by atoms with Crippen LogP contribution in [0.1, 0.15) is 10.4 Å². The average Bonchev–Trinajstić information content (AvgIpc) is 2.63. The number of hydrogen-bond donors (Lipinski definition) is 2. The van der Waals surface area contributed by atoms with Gasteiger partial charge in [-0.1, -0.05) is 0 Å². The first-order valence-electron chi connectivity index (χ1n) is 7.74.